The molecule has 0 saturated carbocycles. The summed E-state index contributed by atoms with van der Waals surface area (Å²) in [4.78, 5) is 19.5. The fraction of sp³-hybridized carbons (Fsp3) is 0.346. The Balaban J connectivity index is 1.76. The molecule has 0 aliphatic carbocycles. The fourth-order valence-electron chi connectivity index (χ4n) is 4.05. The molecule has 1 aliphatic rings. The second-order valence-corrected chi connectivity index (χ2v) is 8.18. The molecule has 1 unspecified atom stereocenters. The first-order chi connectivity index (χ1) is 16.0. The van der Waals surface area contributed by atoms with Gasteiger partial charge in [0.1, 0.15) is 5.75 Å². The summed E-state index contributed by atoms with van der Waals surface area (Å²) in [6.45, 7) is 9.26. The highest BCUT2D eigenvalue weighted by molar-refractivity contribution is 5.86. The fourth-order valence-corrected chi connectivity index (χ4v) is 4.05. The van der Waals surface area contributed by atoms with E-state index in [4.69, 9.17) is 14.2 Å². The van der Waals surface area contributed by atoms with E-state index in [-0.39, 0.29) is 6.03 Å². The zero-order valence-corrected chi connectivity index (χ0v) is 19.6. The first kappa shape index (κ1) is 22.6. The van der Waals surface area contributed by atoms with Gasteiger partial charge in [0, 0.05) is 17.8 Å². The highest BCUT2D eigenvalue weighted by atomic mass is 16.5. The maximum Gasteiger partial charge on any atom is 0.322 e. The number of hydrogen-bond donors (Lipinski definition) is 1. The molecule has 0 bridgehead atoms. The molecule has 0 fully saturated rings. The Morgan fingerprint density at radius 2 is 1.91 bits per heavy atom. The lowest BCUT2D eigenvalue weighted by Gasteiger charge is -2.35. The quantitative estimate of drug-likeness (QED) is 0.477. The largest absolute Gasteiger partial charge is 0.494 e. The molecule has 1 aliphatic heterocycles. The van der Waals surface area contributed by atoms with Crippen molar-refractivity contribution in [1.82, 2.24) is 20.4 Å². The van der Waals surface area contributed by atoms with Crippen LogP contribution in [0.1, 0.15) is 56.7 Å². The van der Waals surface area contributed by atoms with Crippen molar-refractivity contribution >= 4 is 11.6 Å². The van der Waals surface area contributed by atoms with E-state index >= 15 is 0 Å². The number of urea groups is 1. The molecule has 4 rings (SSSR count). The number of nitrogens with zero attached hydrogens (tertiary/aromatic N) is 3. The summed E-state index contributed by atoms with van der Waals surface area (Å²) in [5.41, 5.74) is 4.57. The molecule has 7 heteroatoms. The second kappa shape index (κ2) is 9.90. The van der Waals surface area contributed by atoms with Gasteiger partial charge < -0.3 is 14.6 Å². The van der Waals surface area contributed by atoms with Crippen molar-refractivity contribution in [3.05, 3.63) is 71.2 Å². The number of hydrogen-bond acceptors (Lipinski definition) is 5. The second-order valence-electron chi connectivity index (χ2n) is 8.18. The zero-order valence-electron chi connectivity index (χ0n) is 19.6. The maximum atomic E-state index is 13.0. The Bertz CT molecular complexity index is 1150. The minimum atomic E-state index is -0.406. The third-order valence-corrected chi connectivity index (χ3v) is 5.79. The topological polar surface area (TPSA) is 80.5 Å². The Kier molecular flexibility index (Phi) is 6.77. The number of benzene rings is 2. The first-order valence-corrected chi connectivity index (χ1v) is 11.4. The van der Waals surface area contributed by atoms with E-state index in [1.54, 1.807) is 4.90 Å². The summed E-state index contributed by atoms with van der Waals surface area (Å²) in [7, 11) is 0. The van der Waals surface area contributed by atoms with Crippen molar-refractivity contribution in [2.24, 2.45) is 0 Å². The van der Waals surface area contributed by atoms with Crippen LogP contribution in [0.3, 0.4) is 0 Å². The third kappa shape index (κ3) is 4.77. The molecule has 0 radical (unpaired) electrons. The van der Waals surface area contributed by atoms with Gasteiger partial charge in [-0.2, -0.15) is 4.98 Å². The molecular formula is C26H30N4O3. The lowest BCUT2D eigenvalue weighted by molar-refractivity contribution is 0.204. The number of rotatable bonds is 8. The summed E-state index contributed by atoms with van der Waals surface area (Å²) in [5.74, 6) is 1.72. The molecule has 7 nitrogen and oxygen atoms in total. The van der Waals surface area contributed by atoms with Crippen LogP contribution in [0.2, 0.25) is 0 Å². The lowest BCUT2D eigenvalue weighted by atomic mass is 9.94. The SMILES string of the molecule is CCCCN1C(=O)NC(c2ccc(OCC)cc2)C(c2nc(-c3cccc(C)c3)no2)=C1C. The van der Waals surface area contributed by atoms with Gasteiger partial charge in [-0.25, -0.2) is 4.79 Å². The van der Waals surface area contributed by atoms with Crippen LogP contribution in [0, 0.1) is 6.92 Å². The predicted octanol–water partition coefficient (Wildman–Crippen LogP) is 5.74. The normalized spacial score (nSPS) is 16.2. The van der Waals surface area contributed by atoms with Gasteiger partial charge >= 0.3 is 6.03 Å². The molecule has 1 N–H and O–H groups in total. The summed E-state index contributed by atoms with van der Waals surface area (Å²) < 4.78 is 11.3. The minimum absolute atomic E-state index is 0.123. The van der Waals surface area contributed by atoms with Gasteiger partial charge in [-0.05, 0) is 51.0 Å². The number of ether oxygens (including phenoxy) is 1. The lowest BCUT2D eigenvalue weighted by Crippen LogP contribution is -2.46. The van der Waals surface area contributed by atoms with Crippen LogP contribution in [0.5, 0.6) is 5.75 Å². The van der Waals surface area contributed by atoms with E-state index < -0.39 is 6.04 Å². The van der Waals surface area contributed by atoms with Gasteiger partial charge in [0.25, 0.3) is 5.89 Å². The van der Waals surface area contributed by atoms with Crippen molar-refractivity contribution in [1.29, 1.82) is 0 Å². The van der Waals surface area contributed by atoms with Gasteiger partial charge in [0.2, 0.25) is 5.82 Å². The maximum absolute atomic E-state index is 13.0. The smallest absolute Gasteiger partial charge is 0.322 e. The molecule has 0 spiro atoms. The van der Waals surface area contributed by atoms with Crippen molar-refractivity contribution in [3.63, 3.8) is 0 Å². The molecule has 2 heterocycles. The number of unbranched alkanes of at least 4 members (excludes halogenated alkanes) is 1. The van der Waals surface area contributed by atoms with Crippen molar-refractivity contribution in [2.75, 3.05) is 13.2 Å². The molecule has 2 amide bonds. The van der Waals surface area contributed by atoms with E-state index in [0.29, 0.717) is 24.9 Å². The van der Waals surface area contributed by atoms with Gasteiger partial charge in [0.15, 0.2) is 0 Å². The van der Waals surface area contributed by atoms with Crippen molar-refractivity contribution < 1.29 is 14.1 Å². The summed E-state index contributed by atoms with van der Waals surface area (Å²) in [5, 5.41) is 7.38. The molecular weight excluding hydrogens is 416 g/mol. The van der Waals surface area contributed by atoms with E-state index in [1.165, 1.54) is 0 Å². The van der Waals surface area contributed by atoms with E-state index in [2.05, 4.69) is 17.4 Å². The summed E-state index contributed by atoms with van der Waals surface area (Å²) in [6.07, 6.45) is 1.90. The van der Waals surface area contributed by atoms with Gasteiger partial charge in [-0.15, -0.1) is 0 Å². The van der Waals surface area contributed by atoms with Crippen LogP contribution in [-0.2, 0) is 0 Å². The molecule has 33 heavy (non-hydrogen) atoms. The molecule has 1 atom stereocenters. The van der Waals surface area contributed by atoms with Crippen LogP contribution < -0.4 is 10.1 Å². The van der Waals surface area contributed by atoms with Gasteiger partial charge in [-0.1, -0.05) is 54.4 Å². The average molecular weight is 447 g/mol. The van der Waals surface area contributed by atoms with Crippen LogP contribution >= 0.6 is 0 Å². The van der Waals surface area contributed by atoms with Crippen LogP contribution in [0.4, 0.5) is 4.79 Å². The van der Waals surface area contributed by atoms with E-state index in [0.717, 1.165) is 46.6 Å². The number of carbonyl (C=O) groups excluding carboxylic acids is 1. The molecule has 0 saturated heterocycles. The number of allylic oxidation sites excluding steroid dienone is 1. The molecule has 172 valence electrons. The Labute approximate surface area is 194 Å². The third-order valence-electron chi connectivity index (χ3n) is 5.79. The molecule has 2 aromatic carbocycles. The van der Waals surface area contributed by atoms with E-state index in [1.807, 2.05) is 69.3 Å². The highest BCUT2D eigenvalue weighted by Crippen LogP contribution is 2.38. The van der Waals surface area contributed by atoms with Crippen LogP contribution in [-0.4, -0.2) is 34.2 Å². The standard InChI is InChI=1S/C26H30N4O3/c1-5-7-15-30-18(4)22(25-28-24(29-33-25)20-10-8-9-17(3)16-20)23(27-26(30)31)19-11-13-21(14-12-19)32-6-2/h8-14,16,23H,5-7,15H2,1-4H3,(H,27,31). The number of aromatic nitrogens is 2. The number of carbonyl (C=O) groups is 1. The van der Waals surface area contributed by atoms with Gasteiger partial charge in [-0.3, -0.25) is 4.90 Å². The van der Waals surface area contributed by atoms with Gasteiger partial charge in [0.05, 0.1) is 18.2 Å². The van der Waals surface area contributed by atoms with E-state index in [9.17, 15) is 4.79 Å². The van der Waals surface area contributed by atoms with Crippen LogP contribution in [0.25, 0.3) is 17.0 Å². The molecule has 1 aromatic heterocycles. The Morgan fingerprint density at radius 3 is 2.61 bits per heavy atom. The number of nitrogens with one attached hydrogen (secondary N) is 1. The van der Waals surface area contributed by atoms with Crippen molar-refractivity contribution in [3.8, 4) is 17.1 Å². The minimum Gasteiger partial charge on any atom is -0.494 e. The summed E-state index contributed by atoms with van der Waals surface area (Å²) in [6, 6.07) is 15.2. The van der Waals surface area contributed by atoms with Crippen molar-refractivity contribution in [2.45, 2.75) is 46.6 Å². The average Bonchev–Trinajstić information content (AvgIpc) is 3.29. The Morgan fingerprint density at radius 1 is 1.12 bits per heavy atom. The highest BCUT2D eigenvalue weighted by Gasteiger charge is 2.35. The number of aryl methyl sites for hydroxylation is 1. The van der Waals surface area contributed by atoms with Crippen LogP contribution in [0.15, 0.2) is 58.8 Å². The molecule has 3 aromatic rings. The first-order valence-electron chi connectivity index (χ1n) is 11.4. The number of amides is 2. The predicted molar refractivity (Wildman–Crippen MR) is 128 cm³/mol. The zero-order chi connectivity index (χ0) is 23.4. The summed E-state index contributed by atoms with van der Waals surface area (Å²) >= 11 is 0. The Hall–Kier alpha value is -3.61. The monoisotopic (exact) mass is 446 g/mol.